The van der Waals surface area contributed by atoms with Crippen molar-refractivity contribution in [3.8, 4) is 0 Å². The Morgan fingerprint density at radius 3 is 2.11 bits per heavy atom. The summed E-state index contributed by atoms with van der Waals surface area (Å²) in [5.41, 5.74) is 1.53. The number of nitrogens with one attached hydrogen (secondary N) is 2. The zero-order chi connectivity index (χ0) is 13.7. The summed E-state index contributed by atoms with van der Waals surface area (Å²) >= 11 is 11.4. The summed E-state index contributed by atoms with van der Waals surface area (Å²) in [6.45, 7) is 3.25. The van der Waals surface area contributed by atoms with E-state index in [0.29, 0.717) is 5.56 Å². The number of hydrogen-bond donors (Lipinski definition) is 2. The number of hydrogen-bond acceptors (Lipinski definition) is 2. The number of halogens is 2. The van der Waals surface area contributed by atoms with Crippen LogP contribution in [-0.2, 0) is 4.79 Å². The van der Waals surface area contributed by atoms with Crippen LogP contribution in [0, 0.1) is 6.92 Å². The largest absolute Gasteiger partial charge is 0.334 e. The minimum Gasteiger partial charge on any atom is -0.334 e. The van der Waals surface area contributed by atoms with Crippen molar-refractivity contribution >= 4 is 35.0 Å². The molecule has 0 bridgehead atoms. The van der Waals surface area contributed by atoms with Crippen molar-refractivity contribution in [2.45, 2.75) is 24.8 Å². The Balaban J connectivity index is 2.72. The Hall–Kier alpha value is -1.26. The number of amides is 2. The third-order valence-electron chi connectivity index (χ3n) is 2.21. The third-order valence-corrected chi connectivity index (χ3v) is 2.72. The second kappa shape index (κ2) is 6.61. The molecule has 0 aliphatic heterocycles. The van der Waals surface area contributed by atoms with Crippen LogP contribution in [0.3, 0.4) is 0 Å². The first kappa shape index (κ1) is 14.8. The van der Waals surface area contributed by atoms with Crippen molar-refractivity contribution in [3.63, 3.8) is 0 Å². The summed E-state index contributed by atoms with van der Waals surface area (Å²) in [4.78, 5) is 21.9. The molecule has 2 amide bonds. The molecular weight excluding hydrogens is 275 g/mol. The molecule has 0 radical (unpaired) electrons. The molecule has 6 heteroatoms. The molecule has 4 nitrogen and oxygen atoms in total. The Morgan fingerprint density at radius 1 is 1.11 bits per heavy atom. The van der Waals surface area contributed by atoms with Gasteiger partial charge in [-0.3, -0.25) is 9.59 Å². The molecule has 1 aromatic rings. The van der Waals surface area contributed by atoms with Gasteiger partial charge in [0.15, 0.2) is 0 Å². The van der Waals surface area contributed by atoms with Crippen molar-refractivity contribution in [2.24, 2.45) is 0 Å². The van der Waals surface area contributed by atoms with Crippen molar-refractivity contribution in [2.75, 3.05) is 0 Å². The van der Waals surface area contributed by atoms with Gasteiger partial charge in [-0.25, -0.2) is 0 Å². The first-order chi connectivity index (χ1) is 8.40. The highest BCUT2D eigenvalue weighted by Gasteiger charge is 2.20. The third kappa shape index (κ3) is 4.55. The molecule has 0 spiro atoms. The smallest absolute Gasteiger partial charge is 0.252 e. The fraction of sp³-hybridized carbons (Fsp3) is 0.333. The minimum atomic E-state index is -0.928. The Bertz CT molecular complexity index is 432. The summed E-state index contributed by atoms with van der Waals surface area (Å²) in [5, 5.41) is 5.01. The lowest BCUT2D eigenvalue weighted by Crippen LogP contribution is -2.51. The molecule has 0 unspecified atom stereocenters. The van der Waals surface area contributed by atoms with Gasteiger partial charge in [-0.1, -0.05) is 17.7 Å². The van der Waals surface area contributed by atoms with Crippen molar-refractivity contribution in [3.05, 3.63) is 35.4 Å². The predicted molar refractivity (Wildman–Crippen MR) is 71.7 cm³/mol. The van der Waals surface area contributed by atoms with Gasteiger partial charge in [0, 0.05) is 12.5 Å². The van der Waals surface area contributed by atoms with Crippen LogP contribution in [0.5, 0.6) is 0 Å². The van der Waals surface area contributed by atoms with Crippen LogP contribution in [0.4, 0.5) is 0 Å². The summed E-state index contributed by atoms with van der Waals surface area (Å²) in [5.74, 6) is -0.671. The molecule has 1 atom stereocenters. The SMILES string of the molecule is CC(=O)N[C@@H](NC(=O)c1ccc(C)cc1)C(Cl)Cl. The standard InChI is InChI=1S/C12H14Cl2N2O2/c1-7-3-5-9(6-4-7)12(18)16-11(10(13)14)15-8(2)17/h3-6,10-11H,1-2H3,(H,15,17)(H,16,18)/t11-/m0/s1. The lowest BCUT2D eigenvalue weighted by molar-refractivity contribution is -0.119. The summed E-state index contributed by atoms with van der Waals surface area (Å²) in [6, 6.07) is 7.02. The van der Waals surface area contributed by atoms with E-state index in [2.05, 4.69) is 10.6 Å². The number of carbonyl (C=O) groups is 2. The fourth-order valence-corrected chi connectivity index (χ4v) is 1.56. The summed E-state index contributed by atoms with van der Waals surface area (Å²) < 4.78 is 0. The molecule has 0 saturated carbocycles. The van der Waals surface area contributed by atoms with Crippen molar-refractivity contribution < 1.29 is 9.59 Å². The van der Waals surface area contributed by atoms with Gasteiger partial charge in [-0.15, -0.1) is 23.2 Å². The van der Waals surface area contributed by atoms with Crippen LogP contribution in [-0.4, -0.2) is 22.8 Å². The first-order valence-electron chi connectivity index (χ1n) is 5.33. The number of carbonyl (C=O) groups excluding carboxylic acids is 2. The average molecular weight is 289 g/mol. The summed E-state index contributed by atoms with van der Waals surface area (Å²) in [6.07, 6.45) is -0.820. The number of benzene rings is 1. The van der Waals surface area contributed by atoms with Crippen molar-refractivity contribution in [1.82, 2.24) is 10.6 Å². The quantitative estimate of drug-likeness (QED) is 0.658. The van der Waals surface area contributed by atoms with Gasteiger partial charge in [0.25, 0.3) is 5.91 Å². The van der Waals surface area contributed by atoms with Crippen LogP contribution in [0.1, 0.15) is 22.8 Å². The first-order valence-corrected chi connectivity index (χ1v) is 6.20. The molecule has 18 heavy (non-hydrogen) atoms. The molecule has 0 aromatic heterocycles. The van der Waals surface area contributed by atoms with Gasteiger partial charge in [0.1, 0.15) is 11.0 Å². The number of alkyl halides is 2. The van der Waals surface area contributed by atoms with E-state index >= 15 is 0 Å². The highest BCUT2D eigenvalue weighted by atomic mass is 35.5. The van der Waals surface area contributed by atoms with E-state index in [1.807, 2.05) is 19.1 Å². The fourth-order valence-electron chi connectivity index (χ4n) is 1.31. The lowest BCUT2D eigenvalue weighted by Gasteiger charge is -2.20. The lowest BCUT2D eigenvalue weighted by atomic mass is 10.1. The normalized spacial score (nSPS) is 12.1. The topological polar surface area (TPSA) is 58.2 Å². The Kier molecular flexibility index (Phi) is 5.44. The minimum absolute atomic E-state index is 0.324. The molecule has 0 saturated heterocycles. The zero-order valence-electron chi connectivity index (χ0n) is 10.0. The highest BCUT2D eigenvalue weighted by molar-refractivity contribution is 6.44. The van der Waals surface area contributed by atoms with Crippen LogP contribution < -0.4 is 10.6 Å². The van der Waals surface area contributed by atoms with Crippen molar-refractivity contribution in [1.29, 1.82) is 0 Å². The molecule has 0 aliphatic rings. The van der Waals surface area contributed by atoms with Gasteiger partial charge in [0.05, 0.1) is 0 Å². The maximum atomic E-state index is 11.9. The van der Waals surface area contributed by atoms with Gasteiger partial charge in [-0.05, 0) is 19.1 Å². The van der Waals surface area contributed by atoms with E-state index in [-0.39, 0.29) is 11.8 Å². The molecule has 0 heterocycles. The van der Waals surface area contributed by atoms with Crippen LogP contribution >= 0.6 is 23.2 Å². The van der Waals surface area contributed by atoms with Crippen LogP contribution in [0.25, 0.3) is 0 Å². The average Bonchev–Trinajstić information content (AvgIpc) is 2.28. The zero-order valence-corrected chi connectivity index (χ0v) is 11.5. The molecular formula is C12H14Cl2N2O2. The van der Waals surface area contributed by atoms with Gasteiger partial charge < -0.3 is 10.6 Å². The van der Waals surface area contributed by atoms with E-state index in [1.165, 1.54) is 6.92 Å². The van der Waals surface area contributed by atoms with E-state index < -0.39 is 11.0 Å². The molecule has 98 valence electrons. The van der Waals surface area contributed by atoms with Gasteiger partial charge >= 0.3 is 0 Å². The van der Waals surface area contributed by atoms with E-state index in [0.717, 1.165) is 5.56 Å². The number of rotatable bonds is 4. The van der Waals surface area contributed by atoms with Crippen LogP contribution in [0.15, 0.2) is 24.3 Å². The van der Waals surface area contributed by atoms with E-state index in [9.17, 15) is 9.59 Å². The number of aryl methyl sites for hydroxylation is 1. The molecule has 1 rings (SSSR count). The maximum absolute atomic E-state index is 11.9. The van der Waals surface area contributed by atoms with Gasteiger partial charge in [-0.2, -0.15) is 0 Å². The molecule has 1 aromatic carbocycles. The van der Waals surface area contributed by atoms with E-state index in [4.69, 9.17) is 23.2 Å². The summed E-state index contributed by atoms with van der Waals surface area (Å²) in [7, 11) is 0. The Morgan fingerprint density at radius 2 is 1.67 bits per heavy atom. The predicted octanol–water partition coefficient (Wildman–Crippen LogP) is 1.99. The molecule has 2 N–H and O–H groups in total. The monoisotopic (exact) mass is 288 g/mol. The van der Waals surface area contributed by atoms with Gasteiger partial charge in [0.2, 0.25) is 5.91 Å². The Labute approximate surface area is 116 Å². The second-order valence-electron chi connectivity index (χ2n) is 3.85. The van der Waals surface area contributed by atoms with Crippen LogP contribution in [0.2, 0.25) is 0 Å². The highest BCUT2D eigenvalue weighted by Crippen LogP contribution is 2.08. The second-order valence-corrected chi connectivity index (χ2v) is 5.02. The maximum Gasteiger partial charge on any atom is 0.252 e. The molecule has 0 fully saturated rings. The molecule has 0 aliphatic carbocycles. The van der Waals surface area contributed by atoms with E-state index in [1.54, 1.807) is 12.1 Å².